The molecule has 2 unspecified atom stereocenters. The Kier molecular flexibility index (Phi) is 8.52. The van der Waals surface area contributed by atoms with Crippen molar-refractivity contribution in [3.8, 4) is 5.75 Å². The molecule has 43 heavy (non-hydrogen) atoms. The summed E-state index contributed by atoms with van der Waals surface area (Å²) in [4.78, 5) is 64.2. The van der Waals surface area contributed by atoms with Crippen molar-refractivity contribution in [2.24, 2.45) is 10.7 Å². The second-order valence-electron chi connectivity index (χ2n) is 11.2. The van der Waals surface area contributed by atoms with Gasteiger partial charge in [0.2, 0.25) is 11.8 Å². The molecule has 0 radical (unpaired) electrons. The minimum Gasteiger partial charge on any atom is -0.487 e. The Bertz CT molecular complexity index is 1590. The van der Waals surface area contributed by atoms with Crippen molar-refractivity contribution in [2.45, 2.75) is 44.9 Å². The Labute approximate surface area is 257 Å². The standard InChI is InChI=1S/C30H31ClN6O5S/c1-30(2,3)42-22-12-18(21(38)13-24(32)39)6-9-20(22)28-35-26(23-14-33-16-43-23)27(17-4-7-19(31)8-5-17)37(28)29(41)36-11-10-34-25(40)15-36/h4-9,12,14,16,26-27H,10-11,13,15H2,1-3H3,(H2,32,39)(H,34,40). The summed E-state index contributed by atoms with van der Waals surface area (Å²) in [5.41, 5.74) is 7.77. The molecule has 0 saturated carbocycles. The number of ketones is 1. The van der Waals surface area contributed by atoms with Crippen LogP contribution < -0.4 is 15.8 Å². The van der Waals surface area contributed by atoms with Crippen molar-refractivity contribution in [2.75, 3.05) is 19.6 Å². The zero-order valence-corrected chi connectivity index (χ0v) is 25.4. The van der Waals surface area contributed by atoms with E-state index in [2.05, 4.69) is 10.3 Å². The highest BCUT2D eigenvalue weighted by Crippen LogP contribution is 2.46. The Hall–Kier alpha value is -4.29. The molecule has 4 amide bonds. The van der Waals surface area contributed by atoms with Crippen LogP contribution in [-0.4, -0.2) is 69.5 Å². The van der Waals surface area contributed by atoms with Gasteiger partial charge in [0.15, 0.2) is 5.78 Å². The van der Waals surface area contributed by atoms with Crippen LogP contribution in [-0.2, 0) is 9.59 Å². The quantitative estimate of drug-likeness (QED) is 0.299. The molecule has 2 aliphatic rings. The Balaban J connectivity index is 1.69. The number of carbonyl (C=O) groups excluding carboxylic acids is 4. The summed E-state index contributed by atoms with van der Waals surface area (Å²) >= 11 is 7.64. The highest BCUT2D eigenvalue weighted by molar-refractivity contribution is 7.09. The van der Waals surface area contributed by atoms with Gasteiger partial charge >= 0.3 is 6.03 Å². The molecule has 224 valence electrons. The third-order valence-corrected chi connectivity index (χ3v) is 7.93. The predicted octanol–water partition coefficient (Wildman–Crippen LogP) is 4.13. The van der Waals surface area contributed by atoms with Gasteiger partial charge in [-0.1, -0.05) is 29.8 Å². The van der Waals surface area contributed by atoms with Crippen LogP contribution in [0.15, 0.2) is 59.2 Å². The maximum Gasteiger partial charge on any atom is 0.326 e. The van der Waals surface area contributed by atoms with Gasteiger partial charge in [-0.05, 0) is 50.6 Å². The molecular weight excluding hydrogens is 592 g/mol. The summed E-state index contributed by atoms with van der Waals surface area (Å²) in [5.74, 6) is -0.848. The van der Waals surface area contributed by atoms with Crippen LogP contribution in [0.1, 0.15) is 65.6 Å². The minimum absolute atomic E-state index is 0.104. The number of Topliss-reactive ketones (excluding diaryl/α,β-unsaturated/α-hetero) is 1. The molecule has 5 rings (SSSR count). The van der Waals surface area contributed by atoms with Crippen molar-refractivity contribution in [1.29, 1.82) is 0 Å². The minimum atomic E-state index is -0.743. The monoisotopic (exact) mass is 622 g/mol. The maximum absolute atomic E-state index is 14.4. The van der Waals surface area contributed by atoms with Gasteiger partial charge in [0.05, 0.1) is 28.4 Å². The number of aromatic nitrogens is 1. The fourth-order valence-corrected chi connectivity index (χ4v) is 5.85. The van der Waals surface area contributed by atoms with Gasteiger partial charge in [-0.2, -0.15) is 0 Å². The van der Waals surface area contributed by atoms with Crippen LogP contribution in [0.5, 0.6) is 5.75 Å². The van der Waals surface area contributed by atoms with E-state index in [4.69, 9.17) is 27.1 Å². The first-order valence-electron chi connectivity index (χ1n) is 13.6. The van der Waals surface area contributed by atoms with Crippen LogP contribution in [0.3, 0.4) is 0 Å². The van der Waals surface area contributed by atoms with E-state index in [9.17, 15) is 19.2 Å². The lowest BCUT2D eigenvalue weighted by atomic mass is 9.98. The van der Waals surface area contributed by atoms with Gasteiger partial charge in [0.1, 0.15) is 29.8 Å². The molecule has 0 aliphatic carbocycles. The summed E-state index contributed by atoms with van der Waals surface area (Å²) in [6, 6.07) is 10.4. The smallest absolute Gasteiger partial charge is 0.326 e. The lowest BCUT2D eigenvalue weighted by molar-refractivity contribution is -0.123. The van der Waals surface area contributed by atoms with Crippen molar-refractivity contribution >= 4 is 52.4 Å². The highest BCUT2D eigenvalue weighted by Gasteiger charge is 2.45. The van der Waals surface area contributed by atoms with E-state index >= 15 is 0 Å². The van der Waals surface area contributed by atoms with E-state index < -0.39 is 41.8 Å². The van der Waals surface area contributed by atoms with E-state index in [1.165, 1.54) is 16.2 Å². The molecule has 3 heterocycles. The van der Waals surface area contributed by atoms with Crippen LogP contribution in [0.2, 0.25) is 5.02 Å². The van der Waals surface area contributed by atoms with Gasteiger partial charge in [0.25, 0.3) is 0 Å². The van der Waals surface area contributed by atoms with E-state index in [1.807, 2.05) is 32.9 Å². The van der Waals surface area contributed by atoms with E-state index in [0.29, 0.717) is 35.3 Å². The second-order valence-corrected chi connectivity index (χ2v) is 12.6. The van der Waals surface area contributed by atoms with Gasteiger partial charge in [-0.15, -0.1) is 11.3 Å². The summed E-state index contributed by atoms with van der Waals surface area (Å²) in [6.07, 6.45) is 1.27. The summed E-state index contributed by atoms with van der Waals surface area (Å²) in [5, 5.41) is 3.30. The molecule has 13 heteroatoms. The average molecular weight is 623 g/mol. The molecule has 3 N–H and O–H groups in total. The summed E-state index contributed by atoms with van der Waals surface area (Å²) in [7, 11) is 0. The molecule has 2 aromatic carbocycles. The molecule has 2 aliphatic heterocycles. The summed E-state index contributed by atoms with van der Waals surface area (Å²) in [6.45, 7) is 6.11. The van der Waals surface area contributed by atoms with E-state index in [1.54, 1.807) is 46.9 Å². The number of piperazine rings is 1. The van der Waals surface area contributed by atoms with Crippen LogP contribution >= 0.6 is 22.9 Å². The van der Waals surface area contributed by atoms with Crippen LogP contribution in [0.4, 0.5) is 4.79 Å². The number of amides is 4. The molecule has 3 aromatic rings. The van der Waals surface area contributed by atoms with E-state index in [0.717, 1.165) is 10.4 Å². The number of carbonyl (C=O) groups is 4. The lowest BCUT2D eigenvalue weighted by Gasteiger charge is -2.36. The zero-order valence-electron chi connectivity index (χ0n) is 23.9. The number of benzene rings is 2. The molecule has 1 fully saturated rings. The number of nitrogens with one attached hydrogen (secondary N) is 1. The fraction of sp³-hybridized carbons (Fsp3) is 0.333. The first-order chi connectivity index (χ1) is 20.4. The first kappa shape index (κ1) is 30.2. The molecule has 11 nitrogen and oxygen atoms in total. The predicted molar refractivity (Wildman–Crippen MR) is 162 cm³/mol. The van der Waals surface area contributed by atoms with Gasteiger partial charge in [0, 0.05) is 29.9 Å². The number of hydrogen-bond acceptors (Lipinski definition) is 8. The largest absolute Gasteiger partial charge is 0.487 e. The van der Waals surface area contributed by atoms with Crippen molar-refractivity contribution < 1.29 is 23.9 Å². The molecule has 1 aromatic heterocycles. The molecular formula is C30H31ClN6O5S. The van der Waals surface area contributed by atoms with Gasteiger partial charge < -0.3 is 20.7 Å². The number of ether oxygens (including phenoxy) is 1. The van der Waals surface area contributed by atoms with Gasteiger partial charge in [-0.25, -0.2) is 4.79 Å². The number of primary amides is 1. The second kappa shape index (κ2) is 12.1. The Morgan fingerprint density at radius 2 is 1.91 bits per heavy atom. The number of urea groups is 1. The number of halogens is 1. The first-order valence-corrected chi connectivity index (χ1v) is 14.9. The number of nitrogens with zero attached hydrogens (tertiary/aromatic N) is 4. The number of nitrogens with two attached hydrogens (primary N) is 1. The van der Waals surface area contributed by atoms with Gasteiger partial charge in [-0.3, -0.25) is 29.3 Å². The number of rotatable bonds is 7. The number of amidine groups is 1. The highest BCUT2D eigenvalue weighted by atomic mass is 35.5. The van der Waals surface area contributed by atoms with Crippen LogP contribution in [0, 0.1) is 0 Å². The van der Waals surface area contributed by atoms with Crippen molar-refractivity contribution in [3.05, 3.63) is 80.8 Å². The average Bonchev–Trinajstić information content (AvgIpc) is 3.60. The third kappa shape index (κ3) is 6.70. The van der Waals surface area contributed by atoms with E-state index in [-0.39, 0.29) is 18.0 Å². The number of thiazole rings is 1. The topological polar surface area (TPSA) is 147 Å². The molecule has 0 spiro atoms. The van der Waals surface area contributed by atoms with Crippen LogP contribution in [0.25, 0.3) is 0 Å². The SMILES string of the molecule is CC(C)(C)Oc1cc(C(=O)CC(N)=O)ccc1C1=NC(c2cncs2)C(c2ccc(Cl)cc2)N1C(=O)N1CCNC(=O)C1. The number of aliphatic imine (C=N–C) groups is 1. The lowest BCUT2D eigenvalue weighted by Crippen LogP contribution is -2.55. The Morgan fingerprint density at radius 1 is 1.16 bits per heavy atom. The van der Waals surface area contributed by atoms with Crippen molar-refractivity contribution in [3.63, 3.8) is 0 Å². The fourth-order valence-electron chi connectivity index (χ4n) is 5.04. The third-order valence-electron chi connectivity index (χ3n) is 6.83. The molecule has 0 bridgehead atoms. The zero-order chi connectivity index (χ0) is 30.9. The molecule has 1 saturated heterocycles. The normalized spacial score (nSPS) is 18.7. The number of hydrogen-bond donors (Lipinski definition) is 2. The maximum atomic E-state index is 14.4. The molecule has 2 atom stereocenters. The summed E-state index contributed by atoms with van der Waals surface area (Å²) < 4.78 is 6.32. The van der Waals surface area contributed by atoms with Crippen molar-refractivity contribution in [1.82, 2.24) is 20.1 Å². The Morgan fingerprint density at radius 3 is 2.53 bits per heavy atom.